The first kappa shape index (κ1) is 25.0. The van der Waals surface area contributed by atoms with E-state index in [1.807, 2.05) is 36.4 Å². The molecule has 43 heavy (non-hydrogen) atoms. The van der Waals surface area contributed by atoms with Crippen LogP contribution in [0, 0.1) is 0 Å². The highest BCUT2D eigenvalue weighted by Crippen LogP contribution is 2.38. The van der Waals surface area contributed by atoms with Gasteiger partial charge in [-0.05, 0) is 39.9 Å². The molecule has 1 aliphatic rings. The highest BCUT2D eigenvalue weighted by Gasteiger charge is 2.24. The van der Waals surface area contributed by atoms with Crippen molar-refractivity contribution in [3.05, 3.63) is 168 Å². The molecule has 0 aliphatic carbocycles. The lowest BCUT2D eigenvalue weighted by Gasteiger charge is -2.22. The fourth-order valence-electron chi connectivity index (χ4n) is 5.85. The Hall–Kier alpha value is -5.74. The number of benzene rings is 6. The molecule has 1 atom stereocenters. The van der Waals surface area contributed by atoms with Gasteiger partial charge >= 0.3 is 0 Å². The Morgan fingerprint density at radius 1 is 0.465 bits per heavy atom. The molecule has 204 valence electrons. The van der Waals surface area contributed by atoms with Crippen molar-refractivity contribution in [1.82, 2.24) is 5.32 Å². The molecule has 1 aromatic heterocycles. The number of para-hydroxylation sites is 1. The van der Waals surface area contributed by atoms with Gasteiger partial charge in [-0.15, -0.1) is 0 Å². The van der Waals surface area contributed by atoms with Gasteiger partial charge in [0.05, 0.1) is 5.56 Å². The van der Waals surface area contributed by atoms with E-state index in [-0.39, 0.29) is 0 Å². The SMILES string of the molecule is c1ccc(C2=NC(c3ccc(-c4ccccc4)cc3)N=C(c3cccc4c3oc3cccc(-c5ccccc5)c34)N2)cc1. The molecule has 0 bridgehead atoms. The van der Waals surface area contributed by atoms with E-state index in [0.29, 0.717) is 0 Å². The molecule has 4 nitrogen and oxygen atoms in total. The molecule has 4 heteroatoms. The molecular weight excluding hydrogens is 526 g/mol. The summed E-state index contributed by atoms with van der Waals surface area (Å²) in [5.41, 5.74) is 9.24. The molecule has 1 unspecified atom stereocenters. The van der Waals surface area contributed by atoms with Gasteiger partial charge in [-0.1, -0.05) is 140 Å². The van der Waals surface area contributed by atoms with Gasteiger partial charge in [-0.2, -0.15) is 0 Å². The minimum absolute atomic E-state index is 0.407. The summed E-state index contributed by atoms with van der Waals surface area (Å²) in [6.45, 7) is 0. The van der Waals surface area contributed by atoms with E-state index >= 15 is 0 Å². The zero-order chi connectivity index (χ0) is 28.6. The second kappa shape index (κ2) is 10.6. The molecule has 0 saturated carbocycles. The van der Waals surface area contributed by atoms with Crippen LogP contribution >= 0.6 is 0 Å². The van der Waals surface area contributed by atoms with Crippen LogP contribution in [0.5, 0.6) is 0 Å². The van der Waals surface area contributed by atoms with Crippen molar-refractivity contribution in [3.63, 3.8) is 0 Å². The van der Waals surface area contributed by atoms with Gasteiger partial charge in [0.25, 0.3) is 0 Å². The molecule has 0 spiro atoms. The number of aliphatic imine (C=N–C) groups is 2. The predicted molar refractivity (Wildman–Crippen MR) is 176 cm³/mol. The van der Waals surface area contributed by atoms with Crippen molar-refractivity contribution in [2.75, 3.05) is 0 Å². The summed E-state index contributed by atoms with van der Waals surface area (Å²) in [6.07, 6.45) is -0.407. The third kappa shape index (κ3) is 4.59. The monoisotopic (exact) mass is 553 g/mol. The van der Waals surface area contributed by atoms with Crippen molar-refractivity contribution < 1.29 is 4.42 Å². The van der Waals surface area contributed by atoms with Gasteiger partial charge in [0.1, 0.15) is 22.8 Å². The molecule has 2 heterocycles. The van der Waals surface area contributed by atoms with Crippen molar-refractivity contribution in [3.8, 4) is 22.3 Å². The number of hydrogen-bond donors (Lipinski definition) is 1. The van der Waals surface area contributed by atoms with Crippen molar-refractivity contribution >= 4 is 33.6 Å². The quantitative estimate of drug-likeness (QED) is 0.231. The standard InChI is InChI=1S/C39H27N3O/c1-4-12-26(13-5-1)27-22-24-30(25-23-27)38-40-37(29-16-8-3-9-17-29)41-39(42-38)33-20-10-19-32-35-31(28-14-6-2-7-15-28)18-11-21-34(35)43-36(32)33/h1-25,38H,(H,40,41,42). The maximum atomic E-state index is 6.58. The van der Waals surface area contributed by atoms with Crippen LogP contribution in [-0.4, -0.2) is 11.7 Å². The van der Waals surface area contributed by atoms with Crippen LogP contribution in [0.15, 0.2) is 166 Å². The van der Waals surface area contributed by atoms with Gasteiger partial charge in [-0.25, -0.2) is 9.98 Å². The van der Waals surface area contributed by atoms with Gasteiger partial charge in [-0.3, -0.25) is 0 Å². The normalized spacial score (nSPS) is 14.7. The van der Waals surface area contributed by atoms with E-state index in [9.17, 15) is 0 Å². The van der Waals surface area contributed by atoms with Crippen LogP contribution < -0.4 is 5.32 Å². The van der Waals surface area contributed by atoms with Gasteiger partial charge in [0.2, 0.25) is 0 Å². The molecule has 6 aromatic carbocycles. The third-order valence-electron chi connectivity index (χ3n) is 7.97. The summed E-state index contributed by atoms with van der Waals surface area (Å²) < 4.78 is 6.58. The van der Waals surface area contributed by atoms with Crippen LogP contribution in [0.3, 0.4) is 0 Å². The first-order valence-electron chi connectivity index (χ1n) is 14.5. The topological polar surface area (TPSA) is 49.9 Å². The minimum atomic E-state index is -0.407. The number of amidine groups is 2. The maximum Gasteiger partial charge on any atom is 0.169 e. The molecule has 0 saturated heterocycles. The molecule has 8 rings (SSSR count). The van der Waals surface area contributed by atoms with E-state index in [1.54, 1.807) is 0 Å². The van der Waals surface area contributed by atoms with E-state index < -0.39 is 6.17 Å². The second-order valence-corrected chi connectivity index (χ2v) is 10.6. The smallest absolute Gasteiger partial charge is 0.169 e. The molecule has 1 N–H and O–H groups in total. The summed E-state index contributed by atoms with van der Waals surface area (Å²) in [6, 6.07) is 52.1. The van der Waals surface area contributed by atoms with Crippen LogP contribution in [0.25, 0.3) is 44.2 Å². The third-order valence-corrected chi connectivity index (χ3v) is 7.97. The van der Waals surface area contributed by atoms with Crippen LogP contribution in [0.4, 0.5) is 0 Å². The summed E-state index contributed by atoms with van der Waals surface area (Å²) in [5.74, 6) is 1.51. The number of fused-ring (bicyclic) bond motifs is 3. The van der Waals surface area contributed by atoms with E-state index in [0.717, 1.165) is 67.0 Å². The highest BCUT2D eigenvalue weighted by molar-refractivity contribution is 6.22. The Bertz CT molecular complexity index is 2130. The second-order valence-electron chi connectivity index (χ2n) is 10.6. The summed E-state index contributed by atoms with van der Waals surface area (Å²) in [7, 11) is 0. The molecule has 0 amide bonds. The highest BCUT2D eigenvalue weighted by atomic mass is 16.3. The summed E-state index contributed by atoms with van der Waals surface area (Å²) in [5, 5.41) is 5.71. The van der Waals surface area contributed by atoms with E-state index in [1.165, 1.54) is 5.56 Å². The van der Waals surface area contributed by atoms with Crippen LogP contribution in [0.2, 0.25) is 0 Å². The van der Waals surface area contributed by atoms with Crippen molar-refractivity contribution in [1.29, 1.82) is 0 Å². The number of nitrogens with zero attached hydrogens (tertiary/aromatic N) is 2. The molecule has 0 radical (unpaired) electrons. The molecular formula is C39H27N3O. The Morgan fingerprint density at radius 2 is 1.05 bits per heavy atom. The number of nitrogens with one attached hydrogen (secondary N) is 1. The molecule has 1 aliphatic heterocycles. The van der Waals surface area contributed by atoms with Crippen LogP contribution in [0.1, 0.15) is 22.9 Å². The van der Waals surface area contributed by atoms with Crippen molar-refractivity contribution in [2.45, 2.75) is 6.17 Å². The lowest BCUT2D eigenvalue weighted by atomic mass is 9.98. The summed E-state index contributed by atoms with van der Waals surface area (Å²) in [4.78, 5) is 10.2. The van der Waals surface area contributed by atoms with Crippen LogP contribution in [-0.2, 0) is 0 Å². The predicted octanol–water partition coefficient (Wildman–Crippen LogP) is 9.42. The number of rotatable bonds is 5. The average molecular weight is 554 g/mol. The average Bonchev–Trinajstić information content (AvgIpc) is 3.49. The van der Waals surface area contributed by atoms with Gasteiger partial charge in [0.15, 0.2) is 6.17 Å². The van der Waals surface area contributed by atoms with Gasteiger partial charge in [0, 0.05) is 16.3 Å². The lowest BCUT2D eigenvalue weighted by Crippen LogP contribution is -2.36. The number of hydrogen-bond acceptors (Lipinski definition) is 4. The Labute approximate surface area is 249 Å². The fraction of sp³-hybridized carbons (Fsp3) is 0.0256. The fourth-order valence-corrected chi connectivity index (χ4v) is 5.85. The Morgan fingerprint density at radius 3 is 1.77 bits per heavy atom. The summed E-state index contributed by atoms with van der Waals surface area (Å²) >= 11 is 0. The largest absolute Gasteiger partial charge is 0.455 e. The van der Waals surface area contributed by atoms with Crippen molar-refractivity contribution in [2.24, 2.45) is 9.98 Å². The Kier molecular flexibility index (Phi) is 6.16. The first-order chi connectivity index (χ1) is 21.3. The molecule has 0 fully saturated rings. The van der Waals surface area contributed by atoms with E-state index in [2.05, 4.69) is 121 Å². The zero-order valence-corrected chi connectivity index (χ0v) is 23.3. The maximum absolute atomic E-state index is 6.58. The minimum Gasteiger partial charge on any atom is -0.455 e. The zero-order valence-electron chi connectivity index (χ0n) is 23.3. The van der Waals surface area contributed by atoms with Gasteiger partial charge < -0.3 is 9.73 Å². The lowest BCUT2D eigenvalue weighted by molar-refractivity contribution is 0.667. The molecule has 7 aromatic rings. The number of furan rings is 1. The Balaban J connectivity index is 1.26. The first-order valence-corrected chi connectivity index (χ1v) is 14.5. The van der Waals surface area contributed by atoms with E-state index in [4.69, 9.17) is 14.4 Å².